The molecule has 0 radical (unpaired) electrons. The number of carbonyl (C=O) groups is 1. The van der Waals surface area contributed by atoms with Crippen molar-refractivity contribution in [1.29, 1.82) is 0 Å². The molecule has 0 bridgehead atoms. The van der Waals surface area contributed by atoms with E-state index in [2.05, 4.69) is 12.1 Å². The van der Waals surface area contributed by atoms with Gasteiger partial charge in [-0.15, -0.1) is 0 Å². The number of nitrogens with zero attached hydrogens (tertiary/aromatic N) is 2. The van der Waals surface area contributed by atoms with Crippen LogP contribution in [-0.2, 0) is 31.2 Å². The van der Waals surface area contributed by atoms with E-state index in [9.17, 15) is 18.0 Å². The van der Waals surface area contributed by atoms with Gasteiger partial charge in [-0.2, -0.15) is 13.2 Å². The maximum absolute atomic E-state index is 12.9. The van der Waals surface area contributed by atoms with Gasteiger partial charge in [0.2, 0.25) is 0 Å². The number of hydrogen-bond acceptors (Lipinski definition) is 2. The summed E-state index contributed by atoms with van der Waals surface area (Å²) in [5.41, 5.74) is 4.60. The first-order valence-electron chi connectivity index (χ1n) is 10.6. The van der Waals surface area contributed by atoms with E-state index in [4.69, 9.17) is 4.74 Å². The van der Waals surface area contributed by atoms with Gasteiger partial charge in [0.15, 0.2) is 0 Å². The second kappa shape index (κ2) is 7.87. The van der Waals surface area contributed by atoms with Crippen molar-refractivity contribution >= 4 is 17.0 Å². The molecule has 0 saturated carbocycles. The molecule has 7 heteroatoms. The molecule has 0 saturated heterocycles. The minimum absolute atomic E-state index is 0.239. The van der Waals surface area contributed by atoms with E-state index in [0.717, 1.165) is 34.0 Å². The van der Waals surface area contributed by atoms with Gasteiger partial charge >= 0.3 is 12.3 Å². The highest BCUT2D eigenvalue weighted by atomic mass is 19.4. The summed E-state index contributed by atoms with van der Waals surface area (Å²) in [5, 5.41) is 0.782. The summed E-state index contributed by atoms with van der Waals surface area (Å²) < 4.78 is 45.8. The van der Waals surface area contributed by atoms with Crippen LogP contribution in [0, 0.1) is 0 Å². The Morgan fingerprint density at radius 1 is 1.00 bits per heavy atom. The largest absolute Gasteiger partial charge is 0.444 e. The standard InChI is InChI=1S/C25H27F3N2O2/c1-24(2,3)32-23(31)30-10-9-16-5-6-17(11-20(16)15-30)18-7-8-19-12-21(14-25(26,27)28)29(4)22(19)13-18/h5-8,11-13H,9-10,14-15H2,1-4H3. The number of hydrogen-bond donors (Lipinski definition) is 0. The number of aromatic nitrogens is 1. The molecule has 3 aromatic rings. The van der Waals surface area contributed by atoms with Crippen molar-refractivity contribution in [1.82, 2.24) is 9.47 Å². The molecule has 1 aromatic heterocycles. The summed E-state index contributed by atoms with van der Waals surface area (Å²) in [7, 11) is 1.67. The van der Waals surface area contributed by atoms with E-state index in [-0.39, 0.29) is 11.8 Å². The van der Waals surface area contributed by atoms with Crippen molar-refractivity contribution in [2.75, 3.05) is 6.54 Å². The summed E-state index contributed by atoms with van der Waals surface area (Å²) in [4.78, 5) is 14.2. The lowest BCUT2D eigenvalue weighted by atomic mass is 9.94. The zero-order valence-corrected chi connectivity index (χ0v) is 18.7. The molecule has 1 aliphatic heterocycles. The van der Waals surface area contributed by atoms with E-state index < -0.39 is 18.2 Å². The number of alkyl halides is 3. The highest BCUT2D eigenvalue weighted by molar-refractivity contribution is 5.86. The predicted octanol–water partition coefficient (Wildman–Crippen LogP) is 6.24. The molecule has 170 valence electrons. The Morgan fingerprint density at radius 2 is 1.69 bits per heavy atom. The summed E-state index contributed by atoms with van der Waals surface area (Å²) in [6.07, 6.45) is -4.76. The molecule has 4 nitrogen and oxygen atoms in total. The lowest BCUT2D eigenvalue weighted by molar-refractivity contribution is -0.128. The molecule has 1 aliphatic rings. The fourth-order valence-corrected chi connectivity index (χ4v) is 4.16. The van der Waals surface area contributed by atoms with Crippen LogP contribution in [0.4, 0.5) is 18.0 Å². The van der Waals surface area contributed by atoms with Gasteiger partial charge < -0.3 is 14.2 Å². The van der Waals surface area contributed by atoms with Crippen LogP contribution in [0.15, 0.2) is 42.5 Å². The van der Waals surface area contributed by atoms with Crippen molar-refractivity contribution in [3.63, 3.8) is 0 Å². The van der Waals surface area contributed by atoms with Gasteiger partial charge in [-0.05, 0) is 73.0 Å². The number of ether oxygens (including phenoxy) is 1. The Bertz CT molecular complexity index is 1170. The van der Waals surface area contributed by atoms with Crippen LogP contribution in [0.5, 0.6) is 0 Å². The smallest absolute Gasteiger partial charge is 0.410 e. The average molecular weight is 444 g/mol. The Balaban J connectivity index is 1.62. The molecule has 4 rings (SSSR count). The molecule has 32 heavy (non-hydrogen) atoms. The highest BCUT2D eigenvalue weighted by Crippen LogP contribution is 2.31. The van der Waals surface area contributed by atoms with E-state index in [1.54, 1.807) is 22.6 Å². The number of carbonyl (C=O) groups excluding carboxylic acids is 1. The molecule has 0 fully saturated rings. The van der Waals surface area contributed by atoms with Gasteiger partial charge in [0.1, 0.15) is 5.60 Å². The third-order valence-corrected chi connectivity index (χ3v) is 5.73. The predicted molar refractivity (Wildman–Crippen MR) is 118 cm³/mol. The Hall–Kier alpha value is -2.96. The minimum Gasteiger partial charge on any atom is -0.444 e. The summed E-state index contributed by atoms with van der Waals surface area (Å²) in [6.45, 7) is 6.63. The van der Waals surface area contributed by atoms with Crippen LogP contribution in [0.25, 0.3) is 22.0 Å². The molecule has 0 aliphatic carbocycles. The summed E-state index contributed by atoms with van der Waals surface area (Å²) in [6, 6.07) is 13.5. The lowest BCUT2D eigenvalue weighted by Gasteiger charge is -2.31. The topological polar surface area (TPSA) is 34.5 Å². The third-order valence-electron chi connectivity index (χ3n) is 5.73. The average Bonchev–Trinajstić information content (AvgIpc) is 2.99. The number of aryl methyl sites for hydroxylation is 1. The molecule has 0 atom stereocenters. The molecule has 0 spiro atoms. The fraction of sp³-hybridized carbons (Fsp3) is 0.400. The molecule has 1 amide bonds. The maximum atomic E-state index is 12.9. The summed E-state index contributed by atoms with van der Waals surface area (Å²) in [5.74, 6) is 0. The van der Waals surface area contributed by atoms with Gasteiger partial charge in [0.25, 0.3) is 0 Å². The quantitative estimate of drug-likeness (QED) is 0.469. The maximum Gasteiger partial charge on any atom is 0.410 e. The highest BCUT2D eigenvalue weighted by Gasteiger charge is 2.29. The van der Waals surface area contributed by atoms with Crippen LogP contribution in [0.1, 0.15) is 37.6 Å². The van der Waals surface area contributed by atoms with Gasteiger partial charge in [0.05, 0.1) is 6.42 Å². The zero-order chi connectivity index (χ0) is 23.3. The third kappa shape index (κ3) is 4.76. The SMILES string of the molecule is Cn1c(CC(F)(F)F)cc2ccc(-c3ccc4c(c3)CN(C(=O)OC(C)(C)C)CC4)cc21. The number of fused-ring (bicyclic) bond motifs is 2. The Labute approximate surface area is 185 Å². The van der Waals surface area contributed by atoms with Gasteiger partial charge in [-0.3, -0.25) is 0 Å². The van der Waals surface area contributed by atoms with Crippen LogP contribution >= 0.6 is 0 Å². The van der Waals surface area contributed by atoms with E-state index in [1.807, 2.05) is 45.0 Å². The van der Waals surface area contributed by atoms with Crippen molar-refractivity contribution in [2.24, 2.45) is 7.05 Å². The molecular formula is C25H27F3N2O2. The number of amides is 1. The first-order chi connectivity index (χ1) is 14.9. The first-order valence-corrected chi connectivity index (χ1v) is 10.6. The summed E-state index contributed by atoms with van der Waals surface area (Å²) >= 11 is 0. The van der Waals surface area contributed by atoms with Crippen LogP contribution in [0.3, 0.4) is 0 Å². The second-order valence-corrected chi connectivity index (χ2v) is 9.40. The van der Waals surface area contributed by atoms with E-state index in [0.29, 0.717) is 13.1 Å². The monoisotopic (exact) mass is 444 g/mol. The van der Waals surface area contributed by atoms with Crippen molar-refractivity contribution in [3.05, 3.63) is 59.3 Å². The van der Waals surface area contributed by atoms with Gasteiger partial charge in [0, 0.05) is 31.3 Å². The van der Waals surface area contributed by atoms with Crippen LogP contribution in [0.2, 0.25) is 0 Å². The number of halogens is 3. The molecule has 2 heterocycles. The number of benzene rings is 2. The minimum atomic E-state index is -4.25. The molecule has 0 unspecified atom stereocenters. The molecule has 2 aromatic carbocycles. The number of rotatable bonds is 2. The zero-order valence-electron chi connectivity index (χ0n) is 18.7. The van der Waals surface area contributed by atoms with Gasteiger partial charge in [-0.1, -0.05) is 24.3 Å². The van der Waals surface area contributed by atoms with Crippen LogP contribution in [-0.4, -0.2) is 33.9 Å². The molecule has 0 N–H and O–H groups in total. The normalized spacial score (nSPS) is 14.5. The van der Waals surface area contributed by atoms with Crippen molar-refractivity contribution in [3.8, 4) is 11.1 Å². The van der Waals surface area contributed by atoms with Gasteiger partial charge in [-0.25, -0.2) is 4.79 Å². The Morgan fingerprint density at radius 3 is 2.38 bits per heavy atom. The van der Waals surface area contributed by atoms with Crippen molar-refractivity contribution in [2.45, 2.75) is 51.9 Å². The van der Waals surface area contributed by atoms with E-state index >= 15 is 0 Å². The lowest BCUT2D eigenvalue weighted by Crippen LogP contribution is -2.39. The first kappa shape index (κ1) is 22.2. The molecular weight excluding hydrogens is 417 g/mol. The van der Waals surface area contributed by atoms with Crippen molar-refractivity contribution < 1.29 is 22.7 Å². The van der Waals surface area contributed by atoms with E-state index in [1.165, 1.54) is 5.56 Å². The Kier molecular flexibility index (Phi) is 5.47. The fourth-order valence-electron chi connectivity index (χ4n) is 4.16. The second-order valence-electron chi connectivity index (χ2n) is 9.40. The van der Waals surface area contributed by atoms with Crippen LogP contribution < -0.4 is 0 Å².